The highest BCUT2D eigenvalue weighted by molar-refractivity contribution is 5.87. The number of para-hydroxylation sites is 2. The molecule has 3 rings (SSSR count). The summed E-state index contributed by atoms with van der Waals surface area (Å²) in [5.74, 6) is 2.64. The predicted molar refractivity (Wildman–Crippen MR) is 119 cm³/mol. The molecule has 0 radical (unpaired) electrons. The molecule has 0 aliphatic carbocycles. The molecule has 1 heterocycles. The number of allylic oxidation sites excluding steroid dienone is 1. The molecule has 0 atom stereocenters. The van der Waals surface area contributed by atoms with Crippen molar-refractivity contribution in [3.05, 3.63) is 66.5 Å². The molecular weight excluding hydrogens is 378 g/mol. The van der Waals surface area contributed by atoms with Crippen molar-refractivity contribution in [2.75, 3.05) is 20.3 Å². The topological polar surface area (TPSA) is 65.4 Å². The molecule has 0 saturated carbocycles. The lowest BCUT2D eigenvalue weighted by molar-refractivity contribution is -0.116. The van der Waals surface area contributed by atoms with E-state index in [2.05, 4.69) is 16.0 Å². The second kappa shape index (κ2) is 11.0. The molecule has 1 amide bonds. The zero-order valence-electron chi connectivity index (χ0n) is 17.6. The van der Waals surface area contributed by atoms with Gasteiger partial charge >= 0.3 is 0 Å². The van der Waals surface area contributed by atoms with Gasteiger partial charge in [-0.2, -0.15) is 0 Å². The van der Waals surface area contributed by atoms with E-state index in [9.17, 15) is 4.79 Å². The fourth-order valence-electron chi connectivity index (χ4n) is 3.32. The van der Waals surface area contributed by atoms with Crippen molar-refractivity contribution in [3.63, 3.8) is 0 Å². The van der Waals surface area contributed by atoms with E-state index < -0.39 is 0 Å². The van der Waals surface area contributed by atoms with Gasteiger partial charge in [0.2, 0.25) is 5.91 Å². The lowest BCUT2D eigenvalue weighted by atomic mass is 10.2. The van der Waals surface area contributed by atoms with E-state index in [1.54, 1.807) is 13.2 Å². The van der Waals surface area contributed by atoms with Crippen molar-refractivity contribution in [1.29, 1.82) is 0 Å². The van der Waals surface area contributed by atoms with E-state index in [4.69, 9.17) is 14.5 Å². The van der Waals surface area contributed by atoms with E-state index in [0.717, 1.165) is 54.2 Å². The van der Waals surface area contributed by atoms with Gasteiger partial charge in [-0.15, -0.1) is 0 Å². The van der Waals surface area contributed by atoms with Crippen molar-refractivity contribution in [1.82, 2.24) is 14.9 Å². The first-order chi connectivity index (χ1) is 14.7. The number of carbonyl (C=O) groups excluding carboxylic acids is 1. The fraction of sp³-hybridized carbons (Fsp3) is 0.333. The van der Waals surface area contributed by atoms with Gasteiger partial charge in [0, 0.05) is 19.5 Å². The molecule has 0 fully saturated rings. The van der Waals surface area contributed by atoms with Crippen molar-refractivity contribution in [2.45, 2.75) is 32.7 Å². The molecule has 0 aliphatic rings. The van der Waals surface area contributed by atoms with Crippen molar-refractivity contribution < 1.29 is 14.3 Å². The van der Waals surface area contributed by atoms with Gasteiger partial charge < -0.3 is 19.4 Å². The molecule has 0 unspecified atom stereocenters. The number of fused-ring (bicyclic) bond motifs is 1. The quantitative estimate of drug-likeness (QED) is 0.383. The molecule has 0 spiro atoms. The summed E-state index contributed by atoms with van der Waals surface area (Å²) in [5, 5.41) is 2.89. The third-order valence-electron chi connectivity index (χ3n) is 4.78. The first-order valence-corrected chi connectivity index (χ1v) is 10.3. The minimum atomic E-state index is -0.0540. The Labute approximate surface area is 177 Å². The Morgan fingerprint density at radius 1 is 1.10 bits per heavy atom. The van der Waals surface area contributed by atoms with Crippen LogP contribution in [0.5, 0.6) is 11.5 Å². The smallest absolute Gasteiger partial charge is 0.243 e. The monoisotopic (exact) mass is 407 g/mol. The van der Waals surface area contributed by atoms with Crippen LogP contribution < -0.4 is 14.8 Å². The third kappa shape index (κ3) is 5.86. The van der Waals surface area contributed by atoms with Crippen LogP contribution in [0, 0.1) is 0 Å². The maximum Gasteiger partial charge on any atom is 0.243 e. The van der Waals surface area contributed by atoms with Crippen molar-refractivity contribution >= 4 is 16.9 Å². The number of aryl methyl sites for hydroxylation is 2. The highest BCUT2D eigenvalue weighted by atomic mass is 16.5. The first-order valence-electron chi connectivity index (χ1n) is 10.3. The molecule has 6 nitrogen and oxygen atoms in total. The van der Waals surface area contributed by atoms with E-state index in [1.165, 1.54) is 6.08 Å². The van der Waals surface area contributed by atoms with Gasteiger partial charge in [-0.1, -0.05) is 18.2 Å². The summed E-state index contributed by atoms with van der Waals surface area (Å²) >= 11 is 0. The maximum atomic E-state index is 11.5. The minimum Gasteiger partial charge on any atom is -0.497 e. The molecule has 1 N–H and O–H groups in total. The van der Waals surface area contributed by atoms with Crippen LogP contribution >= 0.6 is 0 Å². The van der Waals surface area contributed by atoms with Crippen molar-refractivity contribution in [2.24, 2.45) is 0 Å². The van der Waals surface area contributed by atoms with Gasteiger partial charge in [0.25, 0.3) is 0 Å². The van der Waals surface area contributed by atoms with Gasteiger partial charge in [-0.05, 0) is 62.2 Å². The van der Waals surface area contributed by atoms with Crippen molar-refractivity contribution in [3.8, 4) is 11.5 Å². The highest BCUT2D eigenvalue weighted by Crippen LogP contribution is 2.19. The standard InChI is InChI=1S/C24H29N3O3/c1-3-8-24(28)25-16-6-11-23-26-21-9-4-5-10-22(21)27(23)17-7-18-30-20-14-12-19(29-2)13-15-20/h3-5,8-10,12-15H,6-7,11,16-18H2,1-2H3,(H,25,28)/b8-3-. The molecule has 1 aromatic heterocycles. The maximum absolute atomic E-state index is 11.5. The molecule has 3 aromatic rings. The number of imidazole rings is 1. The van der Waals surface area contributed by atoms with Gasteiger partial charge in [0.05, 0.1) is 24.8 Å². The Hall–Kier alpha value is -3.28. The zero-order chi connectivity index (χ0) is 21.2. The Balaban J connectivity index is 1.56. The Morgan fingerprint density at radius 3 is 2.63 bits per heavy atom. The average Bonchev–Trinajstić information content (AvgIpc) is 3.12. The highest BCUT2D eigenvalue weighted by Gasteiger charge is 2.10. The van der Waals surface area contributed by atoms with Gasteiger partial charge in [0.15, 0.2) is 0 Å². The molecule has 0 bridgehead atoms. The lowest BCUT2D eigenvalue weighted by Gasteiger charge is -2.11. The SMILES string of the molecule is C/C=C\C(=O)NCCCc1nc2ccccc2n1CCCOc1ccc(OC)cc1. The average molecular weight is 408 g/mol. The number of hydrogen-bond acceptors (Lipinski definition) is 4. The van der Waals surface area contributed by atoms with E-state index >= 15 is 0 Å². The summed E-state index contributed by atoms with van der Waals surface area (Å²) < 4.78 is 13.3. The second-order valence-electron chi connectivity index (χ2n) is 6.94. The molecule has 0 aliphatic heterocycles. The number of nitrogens with one attached hydrogen (secondary N) is 1. The first kappa shape index (κ1) is 21.4. The summed E-state index contributed by atoms with van der Waals surface area (Å²) in [7, 11) is 1.65. The molecule has 158 valence electrons. The largest absolute Gasteiger partial charge is 0.497 e. The van der Waals surface area contributed by atoms with E-state index in [1.807, 2.05) is 49.4 Å². The normalized spacial score (nSPS) is 11.1. The number of nitrogens with zero attached hydrogens (tertiary/aromatic N) is 2. The second-order valence-corrected chi connectivity index (χ2v) is 6.94. The minimum absolute atomic E-state index is 0.0540. The number of benzene rings is 2. The summed E-state index contributed by atoms with van der Waals surface area (Å²) in [4.78, 5) is 16.4. The van der Waals surface area contributed by atoms with Gasteiger partial charge in [0.1, 0.15) is 17.3 Å². The molecule has 6 heteroatoms. The number of hydrogen-bond donors (Lipinski definition) is 1. The van der Waals surface area contributed by atoms with Gasteiger partial charge in [-0.3, -0.25) is 4.79 Å². The Morgan fingerprint density at radius 2 is 1.87 bits per heavy atom. The van der Waals surface area contributed by atoms with Crippen LogP contribution in [0.2, 0.25) is 0 Å². The van der Waals surface area contributed by atoms with Crippen LogP contribution in [-0.4, -0.2) is 35.7 Å². The number of rotatable bonds is 11. The number of methoxy groups -OCH3 is 1. The van der Waals surface area contributed by atoms with Crippen LogP contribution in [0.4, 0.5) is 0 Å². The number of aromatic nitrogens is 2. The van der Waals surface area contributed by atoms with Crippen LogP contribution in [0.15, 0.2) is 60.7 Å². The fourth-order valence-corrected chi connectivity index (χ4v) is 3.32. The third-order valence-corrected chi connectivity index (χ3v) is 4.78. The molecule has 0 saturated heterocycles. The summed E-state index contributed by atoms with van der Waals surface area (Å²) in [5.41, 5.74) is 2.14. The summed E-state index contributed by atoms with van der Waals surface area (Å²) in [6.45, 7) is 3.92. The molecule has 30 heavy (non-hydrogen) atoms. The number of ether oxygens (including phenoxy) is 2. The van der Waals surface area contributed by atoms with Crippen LogP contribution in [-0.2, 0) is 17.8 Å². The van der Waals surface area contributed by atoms with E-state index in [0.29, 0.717) is 13.2 Å². The molecule has 2 aromatic carbocycles. The van der Waals surface area contributed by atoms with Crippen LogP contribution in [0.3, 0.4) is 0 Å². The lowest BCUT2D eigenvalue weighted by Crippen LogP contribution is -2.22. The Kier molecular flexibility index (Phi) is 7.89. The van der Waals surface area contributed by atoms with E-state index in [-0.39, 0.29) is 5.91 Å². The summed E-state index contributed by atoms with van der Waals surface area (Å²) in [6, 6.07) is 15.8. The molecular formula is C24H29N3O3. The predicted octanol–water partition coefficient (Wildman–Crippen LogP) is 4.14. The Bertz CT molecular complexity index is 977. The van der Waals surface area contributed by atoms with Gasteiger partial charge in [-0.25, -0.2) is 4.98 Å². The zero-order valence-corrected chi connectivity index (χ0v) is 17.6. The van der Waals surface area contributed by atoms with Crippen LogP contribution in [0.1, 0.15) is 25.6 Å². The number of carbonyl (C=O) groups is 1. The summed E-state index contributed by atoms with van der Waals surface area (Å²) in [6.07, 6.45) is 5.80. The van der Waals surface area contributed by atoms with Crippen LogP contribution in [0.25, 0.3) is 11.0 Å². The number of amides is 1.